The van der Waals surface area contributed by atoms with E-state index in [0.717, 1.165) is 47.8 Å². The number of fused-ring (bicyclic) bond motifs is 1. The van der Waals surface area contributed by atoms with Gasteiger partial charge >= 0.3 is 0 Å². The molecule has 1 heterocycles. The summed E-state index contributed by atoms with van der Waals surface area (Å²) < 4.78 is 6.26. The van der Waals surface area contributed by atoms with E-state index in [0.29, 0.717) is 37.1 Å². The van der Waals surface area contributed by atoms with Crippen LogP contribution in [0.25, 0.3) is 10.9 Å². The molecule has 2 aromatic carbocycles. The van der Waals surface area contributed by atoms with E-state index in [9.17, 15) is 19.6 Å². The Kier molecular flexibility index (Phi) is 10.4. The zero-order valence-electron chi connectivity index (χ0n) is 25.1. The number of aryl methyl sites for hydroxylation is 1. The second kappa shape index (κ2) is 14.0. The van der Waals surface area contributed by atoms with Gasteiger partial charge in [-0.15, -0.1) is 0 Å². The van der Waals surface area contributed by atoms with Crippen LogP contribution in [0.2, 0.25) is 0 Å². The molecule has 1 aromatic heterocycles. The Morgan fingerprint density at radius 1 is 1.05 bits per heavy atom. The van der Waals surface area contributed by atoms with Crippen LogP contribution in [0.1, 0.15) is 91.9 Å². The third-order valence-electron chi connectivity index (χ3n) is 8.68. The van der Waals surface area contributed by atoms with E-state index in [1.165, 1.54) is 0 Å². The molecule has 3 amide bonds. The standard InChI is InChI=1S/C33H43N5O5/c1-3-4-5-10-17-36-31(41)33(35)16-9-8-15-32(33,20-29(39)38-42)27-19-24(13-14-26(27)30(34)40)43-21-23-18-22(2)37-28-12-7-6-11-25(23)28/h6-7,11-14,18-19,42H,3-5,8-10,15-17,20-21,35H2,1-2H3,(H2,34,40)(H,36,41)(H,38,39). The normalized spacial score (nSPS) is 20.0. The molecule has 0 spiro atoms. The number of rotatable bonds is 13. The van der Waals surface area contributed by atoms with Gasteiger partial charge in [0.25, 0.3) is 0 Å². The van der Waals surface area contributed by atoms with E-state index >= 15 is 0 Å². The molecule has 7 N–H and O–H groups in total. The largest absolute Gasteiger partial charge is 0.489 e. The fourth-order valence-corrected chi connectivity index (χ4v) is 6.46. The van der Waals surface area contributed by atoms with Gasteiger partial charge in [0, 0.05) is 40.6 Å². The second-order valence-electron chi connectivity index (χ2n) is 11.6. The van der Waals surface area contributed by atoms with Gasteiger partial charge in [0.15, 0.2) is 0 Å². The Labute approximate surface area is 252 Å². The first kappa shape index (κ1) is 31.9. The van der Waals surface area contributed by atoms with Gasteiger partial charge in [-0.05, 0) is 62.1 Å². The number of carbonyl (C=O) groups excluding carboxylic acids is 3. The fourth-order valence-electron chi connectivity index (χ4n) is 6.46. The first-order chi connectivity index (χ1) is 20.6. The van der Waals surface area contributed by atoms with Gasteiger partial charge in [0.1, 0.15) is 17.9 Å². The Balaban J connectivity index is 1.75. The maximum Gasteiger partial charge on any atom is 0.249 e. The maximum atomic E-state index is 13.9. The third-order valence-corrected chi connectivity index (χ3v) is 8.68. The third kappa shape index (κ3) is 6.81. The Hall–Kier alpha value is -4.02. The van der Waals surface area contributed by atoms with Crippen LogP contribution in [-0.4, -0.2) is 40.0 Å². The van der Waals surface area contributed by atoms with Crippen molar-refractivity contribution in [2.24, 2.45) is 11.5 Å². The van der Waals surface area contributed by atoms with E-state index in [2.05, 4.69) is 17.2 Å². The van der Waals surface area contributed by atoms with Crippen molar-refractivity contribution in [3.63, 3.8) is 0 Å². The average molecular weight is 590 g/mol. The van der Waals surface area contributed by atoms with E-state index in [4.69, 9.17) is 16.2 Å². The van der Waals surface area contributed by atoms with Gasteiger partial charge in [-0.25, -0.2) is 5.48 Å². The number of primary amides is 1. The van der Waals surface area contributed by atoms with Gasteiger partial charge in [-0.1, -0.05) is 57.2 Å². The molecule has 10 heteroatoms. The van der Waals surface area contributed by atoms with Gasteiger partial charge < -0.3 is 21.5 Å². The van der Waals surface area contributed by atoms with Gasteiger partial charge in [0.05, 0.1) is 5.52 Å². The molecule has 4 rings (SSSR count). The molecule has 0 aliphatic heterocycles. The molecule has 230 valence electrons. The van der Waals surface area contributed by atoms with Crippen LogP contribution >= 0.6 is 0 Å². The first-order valence-electron chi connectivity index (χ1n) is 15.1. The predicted octanol–water partition coefficient (Wildman–Crippen LogP) is 4.32. The van der Waals surface area contributed by atoms with E-state index < -0.39 is 28.7 Å². The number of nitrogens with two attached hydrogens (primary N) is 2. The monoisotopic (exact) mass is 589 g/mol. The first-order valence-corrected chi connectivity index (χ1v) is 15.1. The van der Waals surface area contributed by atoms with Crippen molar-refractivity contribution >= 4 is 28.6 Å². The average Bonchev–Trinajstić information content (AvgIpc) is 3.00. The van der Waals surface area contributed by atoms with Crippen molar-refractivity contribution in [1.29, 1.82) is 0 Å². The lowest BCUT2D eigenvalue weighted by Gasteiger charge is -2.51. The number of pyridine rings is 1. The lowest BCUT2D eigenvalue weighted by atomic mass is 9.55. The number of hydrogen-bond acceptors (Lipinski definition) is 7. The number of unbranched alkanes of at least 4 members (excludes halogenated alkanes) is 3. The highest BCUT2D eigenvalue weighted by Crippen LogP contribution is 2.50. The highest BCUT2D eigenvalue weighted by molar-refractivity contribution is 5.97. The molecular formula is C33H43N5O5. The molecule has 1 aliphatic carbocycles. The van der Waals surface area contributed by atoms with Crippen molar-refractivity contribution in [2.45, 2.75) is 89.2 Å². The number of aromatic nitrogens is 1. The molecule has 0 bridgehead atoms. The Bertz CT molecular complexity index is 1480. The molecule has 10 nitrogen and oxygen atoms in total. The summed E-state index contributed by atoms with van der Waals surface area (Å²) in [4.78, 5) is 44.1. The summed E-state index contributed by atoms with van der Waals surface area (Å²) in [7, 11) is 0. The predicted molar refractivity (Wildman–Crippen MR) is 165 cm³/mol. The van der Waals surface area contributed by atoms with Gasteiger partial charge in [-0.3, -0.25) is 24.6 Å². The SMILES string of the molecule is CCCCCCNC(=O)C1(N)CCCCC1(CC(=O)NO)c1cc(OCc2cc(C)nc3ccccc23)ccc1C(N)=O. The number of ether oxygens (including phenoxy) is 1. The van der Waals surface area contributed by atoms with Crippen molar-refractivity contribution in [3.8, 4) is 5.75 Å². The minimum absolute atomic E-state index is 0.149. The number of hydrogen-bond donors (Lipinski definition) is 5. The van der Waals surface area contributed by atoms with E-state index in [-0.39, 0.29) is 25.0 Å². The van der Waals surface area contributed by atoms with Crippen molar-refractivity contribution < 1.29 is 24.3 Å². The Morgan fingerprint density at radius 2 is 1.81 bits per heavy atom. The smallest absolute Gasteiger partial charge is 0.249 e. The van der Waals surface area contributed by atoms with Crippen LogP contribution in [0.5, 0.6) is 5.75 Å². The summed E-state index contributed by atoms with van der Waals surface area (Å²) in [6, 6.07) is 14.6. The number of carbonyl (C=O) groups is 3. The summed E-state index contributed by atoms with van der Waals surface area (Å²) in [5.74, 6) is -1.40. The summed E-state index contributed by atoms with van der Waals surface area (Å²) >= 11 is 0. The van der Waals surface area contributed by atoms with Gasteiger partial charge in [-0.2, -0.15) is 0 Å². The number of para-hydroxylation sites is 1. The summed E-state index contributed by atoms with van der Waals surface area (Å²) in [5, 5.41) is 13.5. The fraction of sp³-hybridized carbons (Fsp3) is 0.455. The molecule has 2 unspecified atom stereocenters. The number of nitrogens with one attached hydrogen (secondary N) is 2. The molecule has 2 atom stereocenters. The van der Waals surface area contributed by atoms with Crippen LogP contribution in [0.15, 0.2) is 48.5 Å². The van der Waals surface area contributed by atoms with Crippen LogP contribution < -0.4 is 27.0 Å². The molecule has 3 aromatic rings. The van der Waals surface area contributed by atoms with Crippen LogP contribution in [0.4, 0.5) is 0 Å². The molecule has 0 radical (unpaired) electrons. The van der Waals surface area contributed by atoms with Crippen molar-refractivity contribution in [3.05, 3.63) is 70.9 Å². The summed E-state index contributed by atoms with van der Waals surface area (Å²) in [5.41, 5.74) is 14.9. The molecule has 0 saturated heterocycles. The highest BCUT2D eigenvalue weighted by Gasteiger charge is 2.57. The zero-order valence-corrected chi connectivity index (χ0v) is 25.1. The van der Waals surface area contributed by atoms with Crippen LogP contribution in [0, 0.1) is 6.92 Å². The maximum absolute atomic E-state index is 13.9. The lowest BCUT2D eigenvalue weighted by Crippen LogP contribution is -2.69. The summed E-state index contributed by atoms with van der Waals surface area (Å²) in [6.07, 6.45) is 5.54. The van der Waals surface area contributed by atoms with Crippen molar-refractivity contribution in [1.82, 2.24) is 15.8 Å². The van der Waals surface area contributed by atoms with E-state index in [1.54, 1.807) is 23.7 Å². The highest BCUT2D eigenvalue weighted by atomic mass is 16.5. The molecule has 1 aliphatic rings. The van der Waals surface area contributed by atoms with Crippen molar-refractivity contribution in [2.75, 3.05) is 6.54 Å². The quantitative estimate of drug-likeness (QED) is 0.112. The van der Waals surface area contributed by atoms with Crippen LogP contribution in [-0.2, 0) is 21.6 Å². The molecule has 43 heavy (non-hydrogen) atoms. The molecule has 1 fully saturated rings. The second-order valence-corrected chi connectivity index (χ2v) is 11.6. The van der Waals surface area contributed by atoms with Gasteiger partial charge in [0.2, 0.25) is 17.7 Å². The zero-order chi connectivity index (χ0) is 31.0. The molecule has 1 saturated carbocycles. The van der Waals surface area contributed by atoms with E-state index in [1.807, 2.05) is 37.3 Å². The topological polar surface area (TPSA) is 170 Å². The minimum atomic E-state index is -1.55. The summed E-state index contributed by atoms with van der Waals surface area (Å²) in [6.45, 7) is 4.70. The van der Waals surface area contributed by atoms with Crippen LogP contribution in [0.3, 0.4) is 0 Å². The Morgan fingerprint density at radius 3 is 2.56 bits per heavy atom. The molecular weight excluding hydrogens is 546 g/mol. The lowest BCUT2D eigenvalue weighted by molar-refractivity contribution is -0.136. The number of nitrogens with zero attached hydrogens (tertiary/aromatic N) is 1. The minimum Gasteiger partial charge on any atom is -0.489 e. The number of hydroxylamine groups is 1. The number of amides is 3. The number of benzene rings is 2.